The third-order valence-electron chi connectivity index (χ3n) is 4.97. The summed E-state index contributed by atoms with van der Waals surface area (Å²) in [7, 11) is 0. The lowest BCUT2D eigenvalue weighted by Crippen LogP contribution is -2.52. The second-order valence-corrected chi connectivity index (χ2v) is 7.51. The Morgan fingerprint density at radius 3 is 2.59 bits per heavy atom. The predicted molar refractivity (Wildman–Crippen MR) is 78.7 cm³/mol. The van der Waals surface area contributed by atoms with Crippen LogP contribution >= 0.6 is 11.8 Å². The lowest BCUT2D eigenvalue weighted by atomic mass is 9.74. The molecule has 2 heterocycles. The van der Waals surface area contributed by atoms with E-state index in [1.807, 2.05) is 0 Å². The van der Waals surface area contributed by atoms with E-state index in [9.17, 15) is 0 Å². The van der Waals surface area contributed by atoms with Gasteiger partial charge in [0.05, 0.1) is 0 Å². The van der Waals surface area contributed by atoms with E-state index in [4.69, 9.17) is 0 Å². The normalized spacial score (nSPS) is 31.9. The Morgan fingerprint density at radius 1 is 1.24 bits per heavy atom. The van der Waals surface area contributed by atoms with Crippen LogP contribution in [0.3, 0.4) is 0 Å². The van der Waals surface area contributed by atoms with Crippen molar-refractivity contribution in [2.75, 3.05) is 18.1 Å². The van der Waals surface area contributed by atoms with Gasteiger partial charge in [-0.2, -0.15) is 11.8 Å². The van der Waals surface area contributed by atoms with Gasteiger partial charge in [-0.15, -0.1) is 0 Å². The van der Waals surface area contributed by atoms with E-state index in [-0.39, 0.29) is 0 Å². The summed E-state index contributed by atoms with van der Waals surface area (Å²) in [5, 5.41) is 3.87. The van der Waals surface area contributed by atoms with Crippen molar-refractivity contribution in [3.05, 3.63) is 0 Å². The molecule has 1 unspecified atom stereocenters. The maximum atomic E-state index is 3.87. The largest absolute Gasteiger partial charge is 0.311 e. The lowest BCUT2D eigenvalue weighted by molar-refractivity contribution is 0.156. The molecule has 0 radical (unpaired) electrons. The third kappa shape index (κ3) is 3.64. The Labute approximate surface area is 112 Å². The van der Waals surface area contributed by atoms with Crippen molar-refractivity contribution in [3.8, 4) is 0 Å². The first-order valence-electron chi connectivity index (χ1n) is 7.56. The van der Waals surface area contributed by atoms with Gasteiger partial charge in [-0.05, 0) is 68.4 Å². The predicted octanol–water partition coefficient (Wildman–Crippen LogP) is 4.08. The first-order chi connectivity index (χ1) is 8.23. The molecule has 0 aliphatic carbocycles. The van der Waals surface area contributed by atoms with E-state index in [0.29, 0.717) is 5.54 Å². The lowest BCUT2D eigenvalue weighted by Gasteiger charge is -2.43. The number of piperidine rings is 1. The van der Waals surface area contributed by atoms with Crippen molar-refractivity contribution in [1.82, 2.24) is 5.32 Å². The second kappa shape index (κ2) is 6.47. The highest BCUT2D eigenvalue weighted by Crippen LogP contribution is 2.35. The van der Waals surface area contributed by atoms with Crippen LogP contribution in [0.15, 0.2) is 0 Å². The highest BCUT2D eigenvalue weighted by Gasteiger charge is 2.35. The Balaban J connectivity index is 1.84. The molecule has 2 saturated heterocycles. The van der Waals surface area contributed by atoms with Crippen LogP contribution in [0.5, 0.6) is 0 Å². The molecule has 0 aromatic carbocycles. The molecule has 1 nitrogen and oxygen atoms in total. The van der Waals surface area contributed by atoms with Gasteiger partial charge in [0, 0.05) is 5.54 Å². The van der Waals surface area contributed by atoms with Gasteiger partial charge in [-0.3, -0.25) is 0 Å². The maximum absolute atomic E-state index is 3.87. The van der Waals surface area contributed by atoms with Gasteiger partial charge >= 0.3 is 0 Å². The van der Waals surface area contributed by atoms with E-state index in [1.54, 1.807) is 0 Å². The zero-order chi connectivity index (χ0) is 12.1. The zero-order valence-electron chi connectivity index (χ0n) is 11.6. The van der Waals surface area contributed by atoms with E-state index >= 15 is 0 Å². The van der Waals surface area contributed by atoms with Crippen molar-refractivity contribution in [2.24, 2.45) is 11.8 Å². The van der Waals surface area contributed by atoms with Crippen molar-refractivity contribution in [2.45, 2.75) is 64.3 Å². The second-order valence-electron chi connectivity index (χ2n) is 6.29. The van der Waals surface area contributed by atoms with Crippen LogP contribution in [-0.2, 0) is 0 Å². The molecule has 1 atom stereocenters. The summed E-state index contributed by atoms with van der Waals surface area (Å²) >= 11 is 2.15. The van der Waals surface area contributed by atoms with E-state index in [1.165, 1.54) is 63.0 Å². The van der Waals surface area contributed by atoms with Gasteiger partial charge in [0.1, 0.15) is 0 Å². The van der Waals surface area contributed by atoms with Crippen molar-refractivity contribution < 1.29 is 0 Å². The molecule has 0 spiro atoms. The molecule has 1 N–H and O–H groups in total. The molecular formula is C15H29NS. The van der Waals surface area contributed by atoms with Crippen LogP contribution in [0.2, 0.25) is 0 Å². The number of hydrogen-bond acceptors (Lipinski definition) is 2. The van der Waals surface area contributed by atoms with Crippen LogP contribution in [-0.4, -0.2) is 23.6 Å². The van der Waals surface area contributed by atoms with Crippen LogP contribution in [0.1, 0.15) is 58.8 Å². The Bertz CT molecular complexity index is 215. The van der Waals surface area contributed by atoms with Gasteiger partial charge in [-0.1, -0.05) is 20.3 Å². The first kappa shape index (κ1) is 13.7. The summed E-state index contributed by atoms with van der Waals surface area (Å²) in [5.41, 5.74) is 0.475. The summed E-state index contributed by atoms with van der Waals surface area (Å²) in [6.07, 6.45) is 10.1. The van der Waals surface area contributed by atoms with Crippen molar-refractivity contribution in [3.63, 3.8) is 0 Å². The van der Waals surface area contributed by atoms with E-state index in [2.05, 4.69) is 30.9 Å². The Morgan fingerprint density at radius 2 is 2.00 bits per heavy atom. The molecule has 2 rings (SSSR count). The molecule has 100 valence electrons. The van der Waals surface area contributed by atoms with Crippen LogP contribution in [0, 0.1) is 11.8 Å². The summed E-state index contributed by atoms with van der Waals surface area (Å²) in [5.74, 6) is 4.64. The van der Waals surface area contributed by atoms with E-state index in [0.717, 1.165) is 11.8 Å². The molecule has 2 heteroatoms. The molecule has 0 aromatic rings. The maximum Gasteiger partial charge on any atom is 0.0204 e. The minimum Gasteiger partial charge on any atom is -0.311 e. The topological polar surface area (TPSA) is 12.0 Å². The summed E-state index contributed by atoms with van der Waals surface area (Å²) in [4.78, 5) is 0. The van der Waals surface area contributed by atoms with Crippen LogP contribution in [0.4, 0.5) is 0 Å². The zero-order valence-corrected chi connectivity index (χ0v) is 12.5. The first-order valence-corrected chi connectivity index (χ1v) is 8.71. The fraction of sp³-hybridized carbons (Fsp3) is 1.00. The standard InChI is InChI=1S/C15H29NS/c1-13(2)15(8-3-4-10-16-15)9-5-14-6-11-17-12-7-14/h13-14,16H,3-12H2,1-2H3. The minimum absolute atomic E-state index is 0.475. The number of rotatable bonds is 4. The van der Waals surface area contributed by atoms with Gasteiger partial charge in [-0.25, -0.2) is 0 Å². The van der Waals surface area contributed by atoms with E-state index < -0.39 is 0 Å². The molecule has 0 amide bonds. The highest BCUT2D eigenvalue weighted by atomic mass is 32.2. The highest BCUT2D eigenvalue weighted by molar-refractivity contribution is 7.99. The molecule has 17 heavy (non-hydrogen) atoms. The van der Waals surface area contributed by atoms with Gasteiger partial charge in [0.25, 0.3) is 0 Å². The SMILES string of the molecule is CC(C)C1(CCC2CCSCC2)CCCCN1. The number of hydrogen-bond donors (Lipinski definition) is 1. The third-order valence-corrected chi connectivity index (χ3v) is 6.02. The summed E-state index contributed by atoms with van der Waals surface area (Å²) in [6.45, 7) is 6.07. The molecule has 0 bridgehead atoms. The van der Waals surface area contributed by atoms with Crippen molar-refractivity contribution >= 4 is 11.8 Å². The van der Waals surface area contributed by atoms with Crippen LogP contribution < -0.4 is 5.32 Å². The molecule has 2 aliphatic heterocycles. The Hall–Kier alpha value is 0.310. The van der Waals surface area contributed by atoms with Crippen LogP contribution in [0.25, 0.3) is 0 Å². The average molecular weight is 255 g/mol. The van der Waals surface area contributed by atoms with Gasteiger partial charge in [0.15, 0.2) is 0 Å². The average Bonchev–Trinajstić information content (AvgIpc) is 2.38. The number of nitrogens with one attached hydrogen (secondary N) is 1. The molecule has 0 aromatic heterocycles. The van der Waals surface area contributed by atoms with Crippen molar-refractivity contribution in [1.29, 1.82) is 0 Å². The minimum atomic E-state index is 0.475. The fourth-order valence-corrected chi connectivity index (χ4v) is 4.69. The fourth-order valence-electron chi connectivity index (χ4n) is 3.48. The molecule has 2 aliphatic rings. The molecule has 2 fully saturated rings. The number of thioether (sulfide) groups is 1. The smallest absolute Gasteiger partial charge is 0.0204 e. The summed E-state index contributed by atoms with van der Waals surface area (Å²) in [6, 6.07) is 0. The van der Waals surface area contributed by atoms with Gasteiger partial charge < -0.3 is 5.32 Å². The Kier molecular flexibility index (Phi) is 5.23. The monoisotopic (exact) mass is 255 g/mol. The molecular weight excluding hydrogens is 226 g/mol. The molecule has 0 saturated carbocycles. The van der Waals surface area contributed by atoms with Gasteiger partial charge in [0.2, 0.25) is 0 Å². The summed E-state index contributed by atoms with van der Waals surface area (Å²) < 4.78 is 0. The quantitative estimate of drug-likeness (QED) is 0.812.